The highest BCUT2D eigenvalue weighted by Gasteiger charge is 2.17. The summed E-state index contributed by atoms with van der Waals surface area (Å²) in [5.41, 5.74) is 2.45. The van der Waals surface area contributed by atoms with Gasteiger partial charge in [0.1, 0.15) is 0 Å². The summed E-state index contributed by atoms with van der Waals surface area (Å²) in [6.45, 7) is 1.58. The molecule has 1 saturated heterocycles. The number of benzene rings is 1. The monoisotopic (exact) mass is 287 g/mol. The molecule has 1 aromatic carbocycles. The van der Waals surface area contributed by atoms with Crippen LogP contribution in [0, 0.1) is 11.3 Å². The predicted octanol–water partition coefficient (Wildman–Crippen LogP) is 3.43. The van der Waals surface area contributed by atoms with Crippen LogP contribution in [0.15, 0.2) is 30.6 Å². The number of hydrogen-bond donors (Lipinski definition) is 0. The first-order chi connectivity index (χ1) is 9.78. The van der Waals surface area contributed by atoms with Gasteiger partial charge in [-0.15, -0.1) is 0 Å². The van der Waals surface area contributed by atoms with E-state index in [4.69, 9.17) is 21.6 Å². The number of rotatable bonds is 2. The smallest absolute Gasteiger partial charge is 0.0992 e. The van der Waals surface area contributed by atoms with Crippen molar-refractivity contribution in [3.8, 4) is 17.2 Å². The number of nitrogens with zero attached hydrogens (tertiary/aromatic N) is 3. The molecule has 0 radical (unpaired) electrons. The van der Waals surface area contributed by atoms with E-state index in [0.717, 1.165) is 37.2 Å². The first-order valence-corrected chi connectivity index (χ1v) is 6.97. The zero-order chi connectivity index (χ0) is 13.9. The van der Waals surface area contributed by atoms with Crippen molar-refractivity contribution in [3.63, 3.8) is 0 Å². The van der Waals surface area contributed by atoms with Gasteiger partial charge in [-0.2, -0.15) is 10.4 Å². The molecule has 1 aliphatic rings. The number of nitriles is 1. The van der Waals surface area contributed by atoms with Crippen LogP contribution < -0.4 is 0 Å². The lowest BCUT2D eigenvalue weighted by Gasteiger charge is -2.22. The second kappa shape index (κ2) is 5.66. The largest absolute Gasteiger partial charge is 0.381 e. The van der Waals surface area contributed by atoms with Crippen LogP contribution >= 0.6 is 11.6 Å². The van der Waals surface area contributed by atoms with Crippen LogP contribution in [-0.4, -0.2) is 23.0 Å². The highest BCUT2D eigenvalue weighted by atomic mass is 35.5. The highest BCUT2D eigenvalue weighted by molar-refractivity contribution is 6.33. The second-order valence-electron chi connectivity index (χ2n) is 4.86. The molecule has 0 unspecified atom stereocenters. The molecule has 0 N–H and O–H groups in total. The Kier molecular flexibility index (Phi) is 3.72. The molecule has 0 atom stereocenters. The Morgan fingerprint density at radius 1 is 1.35 bits per heavy atom. The molecule has 0 aliphatic carbocycles. The molecule has 2 aromatic rings. The van der Waals surface area contributed by atoms with Crippen LogP contribution in [0.4, 0.5) is 0 Å². The SMILES string of the molecule is N#Cc1ccc(-c2cnn(C3CCOCC3)c2)c(Cl)c1. The summed E-state index contributed by atoms with van der Waals surface area (Å²) >= 11 is 6.23. The summed E-state index contributed by atoms with van der Waals surface area (Å²) < 4.78 is 7.36. The molecule has 0 amide bonds. The van der Waals surface area contributed by atoms with Gasteiger partial charge in [-0.25, -0.2) is 0 Å². The maximum atomic E-state index is 8.86. The van der Waals surface area contributed by atoms with Crippen LogP contribution in [0.2, 0.25) is 5.02 Å². The van der Waals surface area contributed by atoms with Gasteiger partial charge in [-0.3, -0.25) is 4.68 Å². The maximum absolute atomic E-state index is 8.86. The molecule has 2 heterocycles. The highest BCUT2D eigenvalue weighted by Crippen LogP contribution is 2.30. The Labute approximate surface area is 122 Å². The third-order valence-electron chi connectivity index (χ3n) is 3.58. The molecule has 1 aromatic heterocycles. The molecule has 1 fully saturated rings. The summed E-state index contributed by atoms with van der Waals surface area (Å²) in [5.74, 6) is 0. The van der Waals surface area contributed by atoms with Crippen LogP contribution in [-0.2, 0) is 4.74 Å². The molecular formula is C15H14ClN3O. The molecule has 1 aliphatic heterocycles. The number of halogens is 1. The lowest BCUT2D eigenvalue weighted by Crippen LogP contribution is -2.19. The van der Waals surface area contributed by atoms with Crippen molar-refractivity contribution < 1.29 is 4.74 Å². The summed E-state index contributed by atoms with van der Waals surface area (Å²) in [6, 6.07) is 7.80. The van der Waals surface area contributed by atoms with Crippen LogP contribution in [0.25, 0.3) is 11.1 Å². The van der Waals surface area contributed by atoms with E-state index in [1.165, 1.54) is 0 Å². The van der Waals surface area contributed by atoms with E-state index in [9.17, 15) is 0 Å². The fourth-order valence-corrected chi connectivity index (χ4v) is 2.73. The minimum Gasteiger partial charge on any atom is -0.381 e. The molecule has 4 nitrogen and oxygen atoms in total. The standard InChI is InChI=1S/C15H14ClN3O/c16-15-7-11(8-17)1-2-14(15)12-9-18-19(10-12)13-3-5-20-6-4-13/h1-2,7,9-10,13H,3-6H2. The normalized spacial score (nSPS) is 16.0. The first kappa shape index (κ1) is 13.2. The Bertz CT molecular complexity index is 653. The van der Waals surface area contributed by atoms with E-state index in [-0.39, 0.29) is 0 Å². The van der Waals surface area contributed by atoms with Gasteiger partial charge in [0.05, 0.1) is 23.9 Å². The van der Waals surface area contributed by atoms with Gasteiger partial charge in [0.25, 0.3) is 0 Å². The number of aromatic nitrogens is 2. The van der Waals surface area contributed by atoms with Crippen LogP contribution in [0.5, 0.6) is 0 Å². The first-order valence-electron chi connectivity index (χ1n) is 6.60. The summed E-state index contributed by atoms with van der Waals surface area (Å²) in [7, 11) is 0. The molecule has 0 saturated carbocycles. The topological polar surface area (TPSA) is 50.8 Å². The average molecular weight is 288 g/mol. The Balaban J connectivity index is 1.88. The maximum Gasteiger partial charge on any atom is 0.0992 e. The fraction of sp³-hybridized carbons (Fsp3) is 0.333. The van der Waals surface area contributed by atoms with Gasteiger partial charge in [0.15, 0.2) is 0 Å². The van der Waals surface area contributed by atoms with E-state index in [2.05, 4.69) is 11.2 Å². The van der Waals surface area contributed by atoms with Crippen LogP contribution in [0.3, 0.4) is 0 Å². The van der Waals surface area contributed by atoms with Gasteiger partial charge in [0, 0.05) is 35.6 Å². The molecule has 20 heavy (non-hydrogen) atoms. The van der Waals surface area contributed by atoms with E-state index < -0.39 is 0 Å². The van der Waals surface area contributed by atoms with Crippen molar-refractivity contribution >= 4 is 11.6 Å². The van der Waals surface area contributed by atoms with E-state index in [1.807, 2.05) is 23.1 Å². The van der Waals surface area contributed by atoms with E-state index in [0.29, 0.717) is 16.6 Å². The summed E-state index contributed by atoms with van der Waals surface area (Å²) in [6.07, 6.45) is 5.82. The molecular weight excluding hydrogens is 274 g/mol. The van der Waals surface area contributed by atoms with Gasteiger partial charge in [0.2, 0.25) is 0 Å². The molecule has 0 spiro atoms. The van der Waals surface area contributed by atoms with Crippen molar-refractivity contribution in [1.82, 2.24) is 9.78 Å². The van der Waals surface area contributed by atoms with E-state index in [1.54, 1.807) is 12.1 Å². The fourth-order valence-electron chi connectivity index (χ4n) is 2.45. The van der Waals surface area contributed by atoms with Crippen LogP contribution in [0.1, 0.15) is 24.4 Å². The summed E-state index contributed by atoms with van der Waals surface area (Å²) in [4.78, 5) is 0. The van der Waals surface area contributed by atoms with Crippen molar-refractivity contribution in [2.24, 2.45) is 0 Å². The van der Waals surface area contributed by atoms with Crippen molar-refractivity contribution in [2.45, 2.75) is 18.9 Å². The third kappa shape index (κ3) is 2.55. The van der Waals surface area contributed by atoms with Gasteiger partial charge in [-0.1, -0.05) is 17.7 Å². The zero-order valence-electron chi connectivity index (χ0n) is 10.9. The zero-order valence-corrected chi connectivity index (χ0v) is 11.7. The van der Waals surface area contributed by atoms with Crippen molar-refractivity contribution in [3.05, 3.63) is 41.2 Å². The third-order valence-corrected chi connectivity index (χ3v) is 3.89. The Morgan fingerprint density at radius 2 is 2.15 bits per heavy atom. The Hall–Kier alpha value is -1.83. The minimum atomic E-state index is 0.398. The minimum absolute atomic E-state index is 0.398. The molecule has 3 rings (SSSR count). The number of ether oxygens (including phenoxy) is 1. The molecule has 5 heteroatoms. The lowest BCUT2D eigenvalue weighted by molar-refractivity contribution is 0.0662. The predicted molar refractivity (Wildman–Crippen MR) is 76.5 cm³/mol. The van der Waals surface area contributed by atoms with Gasteiger partial charge >= 0.3 is 0 Å². The van der Waals surface area contributed by atoms with Gasteiger partial charge < -0.3 is 4.74 Å². The van der Waals surface area contributed by atoms with Gasteiger partial charge in [-0.05, 0) is 25.0 Å². The molecule has 102 valence electrons. The lowest BCUT2D eigenvalue weighted by atomic mass is 10.1. The quantitative estimate of drug-likeness (QED) is 0.850. The molecule has 0 bridgehead atoms. The van der Waals surface area contributed by atoms with Crippen molar-refractivity contribution in [1.29, 1.82) is 5.26 Å². The second-order valence-corrected chi connectivity index (χ2v) is 5.27. The van der Waals surface area contributed by atoms with Crippen molar-refractivity contribution in [2.75, 3.05) is 13.2 Å². The average Bonchev–Trinajstić information content (AvgIpc) is 2.97. The Morgan fingerprint density at radius 3 is 2.85 bits per heavy atom. The number of hydrogen-bond acceptors (Lipinski definition) is 3. The van der Waals surface area contributed by atoms with E-state index >= 15 is 0 Å². The summed E-state index contributed by atoms with van der Waals surface area (Å²) in [5, 5.41) is 13.9.